The molecule has 20 heavy (non-hydrogen) atoms. The van der Waals surface area contributed by atoms with E-state index < -0.39 is 0 Å². The van der Waals surface area contributed by atoms with Crippen molar-refractivity contribution >= 4 is 0 Å². The number of aryl methyl sites for hydroxylation is 1. The standard InChI is InChI=1S/C16H15N3O/c1-11-2-7-15(20-11)14-8-9-18-16(19-14)13-5-3-12(10-17)4-6-13/h2-9H,10,17H2,1H3. The average molecular weight is 265 g/mol. The molecule has 2 heterocycles. The van der Waals surface area contributed by atoms with Crippen LogP contribution in [-0.2, 0) is 6.54 Å². The van der Waals surface area contributed by atoms with Crippen molar-refractivity contribution in [3.8, 4) is 22.8 Å². The summed E-state index contributed by atoms with van der Waals surface area (Å²) in [5, 5.41) is 0. The van der Waals surface area contributed by atoms with E-state index in [0.29, 0.717) is 12.4 Å². The van der Waals surface area contributed by atoms with Crippen LogP contribution in [0.25, 0.3) is 22.8 Å². The fourth-order valence-electron chi connectivity index (χ4n) is 2.00. The summed E-state index contributed by atoms with van der Waals surface area (Å²) in [5.74, 6) is 2.30. The van der Waals surface area contributed by atoms with Crippen molar-refractivity contribution < 1.29 is 4.42 Å². The van der Waals surface area contributed by atoms with Crippen LogP contribution >= 0.6 is 0 Å². The lowest BCUT2D eigenvalue weighted by atomic mass is 10.1. The molecule has 2 aromatic heterocycles. The zero-order chi connectivity index (χ0) is 13.9. The number of furan rings is 1. The highest BCUT2D eigenvalue weighted by Gasteiger charge is 2.07. The van der Waals surface area contributed by atoms with E-state index in [-0.39, 0.29) is 0 Å². The third kappa shape index (κ3) is 2.46. The summed E-state index contributed by atoms with van der Waals surface area (Å²) >= 11 is 0. The van der Waals surface area contributed by atoms with Gasteiger partial charge in [-0.3, -0.25) is 0 Å². The molecule has 100 valence electrons. The molecular weight excluding hydrogens is 250 g/mol. The molecule has 0 bridgehead atoms. The predicted molar refractivity (Wildman–Crippen MR) is 77.8 cm³/mol. The largest absolute Gasteiger partial charge is 0.460 e. The summed E-state index contributed by atoms with van der Waals surface area (Å²) in [5.41, 5.74) is 8.44. The molecule has 0 aliphatic heterocycles. The number of rotatable bonds is 3. The number of nitrogens with zero attached hydrogens (tertiary/aromatic N) is 2. The quantitative estimate of drug-likeness (QED) is 0.790. The summed E-state index contributed by atoms with van der Waals surface area (Å²) in [7, 11) is 0. The Bertz CT molecular complexity index is 717. The van der Waals surface area contributed by atoms with Crippen molar-refractivity contribution in [3.63, 3.8) is 0 Å². The molecule has 0 saturated carbocycles. The van der Waals surface area contributed by atoms with Crippen LogP contribution < -0.4 is 5.73 Å². The first-order valence-electron chi connectivity index (χ1n) is 6.45. The second-order valence-corrected chi connectivity index (χ2v) is 4.58. The van der Waals surface area contributed by atoms with Crippen LogP contribution in [0.15, 0.2) is 53.1 Å². The van der Waals surface area contributed by atoms with E-state index in [1.54, 1.807) is 6.20 Å². The van der Waals surface area contributed by atoms with Crippen LogP contribution in [0.5, 0.6) is 0 Å². The Kier molecular flexibility index (Phi) is 3.31. The Morgan fingerprint density at radius 2 is 1.85 bits per heavy atom. The highest BCUT2D eigenvalue weighted by Crippen LogP contribution is 2.22. The average Bonchev–Trinajstić information content (AvgIpc) is 2.94. The second-order valence-electron chi connectivity index (χ2n) is 4.58. The van der Waals surface area contributed by atoms with Crippen molar-refractivity contribution in [2.24, 2.45) is 5.73 Å². The molecular formula is C16H15N3O. The number of benzene rings is 1. The molecule has 1 aromatic carbocycles. The first kappa shape index (κ1) is 12.6. The molecule has 0 atom stereocenters. The van der Waals surface area contributed by atoms with Gasteiger partial charge in [0, 0.05) is 18.3 Å². The third-order valence-electron chi connectivity index (χ3n) is 3.10. The SMILES string of the molecule is Cc1ccc(-c2ccnc(-c3ccc(CN)cc3)n2)o1. The third-order valence-corrected chi connectivity index (χ3v) is 3.10. The van der Waals surface area contributed by atoms with Gasteiger partial charge in [0.25, 0.3) is 0 Å². The molecule has 0 aliphatic rings. The zero-order valence-electron chi connectivity index (χ0n) is 11.2. The normalized spacial score (nSPS) is 10.7. The van der Waals surface area contributed by atoms with Gasteiger partial charge in [-0.05, 0) is 30.7 Å². The minimum atomic E-state index is 0.535. The summed E-state index contributed by atoms with van der Waals surface area (Å²) in [6, 6.07) is 13.6. The second kappa shape index (κ2) is 5.27. The molecule has 0 unspecified atom stereocenters. The number of hydrogen-bond acceptors (Lipinski definition) is 4. The molecule has 4 heteroatoms. The van der Waals surface area contributed by atoms with Crippen LogP contribution in [0, 0.1) is 6.92 Å². The lowest BCUT2D eigenvalue weighted by molar-refractivity contribution is 0.546. The van der Waals surface area contributed by atoms with Gasteiger partial charge in [0.1, 0.15) is 11.5 Å². The highest BCUT2D eigenvalue weighted by molar-refractivity contribution is 5.60. The topological polar surface area (TPSA) is 64.9 Å². The minimum absolute atomic E-state index is 0.535. The maximum atomic E-state index is 5.60. The van der Waals surface area contributed by atoms with E-state index in [1.807, 2.05) is 49.4 Å². The van der Waals surface area contributed by atoms with Crippen LogP contribution in [0.2, 0.25) is 0 Å². The Morgan fingerprint density at radius 3 is 2.50 bits per heavy atom. The molecule has 0 fully saturated rings. The van der Waals surface area contributed by atoms with Crippen molar-refractivity contribution in [2.75, 3.05) is 0 Å². The Hall–Kier alpha value is -2.46. The van der Waals surface area contributed by atoms with Gasteiger partial charge in [-0.15, -0.1) is 0 Å². The van der Waals surface area contributed by atoms with E-state index in [0.717, 1.165) is 28.3 Å². The van der Waals surface area contributed by atoms with Crippen molar-refractivity contribution in [2.45, 2.75) is 13.5 Å². The summed E-state index contributed by atoms with van der Waals surface area (Å²) in [6.07, 6.45) is 1.74. The van der Waals surface area contributed by atoms with Gasteiger partial charge >= 0.3 is 0 Å². The van der Waals surface area contributed by atoms with Gasteiger partial charge in [0.2, 0.25) is 0 Å². The Labute approximate surface area is 117 Å². The van der Waals surface area contributed by atoms with Gasteiger partial charge in [0.15, 0.2) is 11.6 Å². The van der Waals surface area contributed by atoms with Crippen LogP contribution in [0.4, 0.5) is 0 Å². The van der Waals surface area contributed by atoms with Gasteiger partial charge in [0.05, 0.1) is 0 Å². The Balaban J connectivity index is 1.98. The first-order chi connectivity index (χ1) is 9.76. The number of hydrogen-bond donors (Lipinski definition) is 1. The van der Waals surface area contributed by atoms with E-state index in [1.165, 1.54) is 0 Å². The molecule has 3 aromatic rings. The van der Waals surface area contributed by atoms with Crippen LogP contribution in [0.1, 0.15) is 11.3 Å². The maximum absolute atomic E-state index is 5.60. The fourth-order valence-corrected chi connectivity index (χ4v) is 2.00. The molecule has 4 nitrogen and oxygen atoms in total. The molecule has 0 aliphatic carbocycles. The molecule has 3 rings (SSSR count). The molecule has 0 spiro atoms. The lowest BCUT2D eigenvalue weighted by Gasteiger charge is -2.03. The number of nitrogens with two attached hydrogens (primary N) is 1. The Morgan fingerprint density at radius 1 is 1.05 bits per heavy atom. The van der Waals surface area contributed by atoms with E-state index >= 15 is 0 Å². The molecule has 2 N–H and O–H groups in total. The van der Waals surface area contributed by atoms with E-state index in [2.05, 4.69) is 9.97 Å². The fraction of sp³-hybridized carbons (Fsp3) is 0.125. The summed E-state index contributed by atoms with van der Waals surface area (Å²) in [4.78, 5) is 8.86. The smallest absolute Gasteiger partial charge is 0.159 e. The van der Waals surface area contributed by atoms with Gasteiger partial charge in [-0.2, -0.15) is 0 Å². The molecule has 0 radical (unpaired) electrons. The summed E-state index contributed by atoms with van der Waals surface area (Å²) in [6.45, 7) is 2.45. The van der Waals surface area contributed by atoms with Gasteiger partial charge < -0.3 is 10.2 Å². The molecule has 0 saturated heterocycles. The van der Waals surface area contributed by atoms with Crippen molar-refractivity contribution in [1.29, 1.82) is 0 Å². The zero-order valence-corrected chi connectivity index (χ0v) is 11.2. The minimum Gasteiger partial charge on any atom is -0.460 e. The van der Waals surface area contributed by atoms with Crippen LogP contribution in [0.3, 0.4) is 0 Å². The molecule has 0 amide bonds. The van der Waals surface area contributed by atoms with Crippen LogP contribution in [-0.4, -0.2) is 9.97 Å². The van der Waals surface area contributed by atoms with Crippen molar-refractivity contribution in [3.05, 3.63) is 60.0 Å². The highest BCUT2D eigenvalue weighted by atomic mass is 16.3. The monoisotopic (exact) mass is 265 g/mol. The first-order valence-corrected chi connectivity index (χ1v) is 6.45. The lowest BCUT2D eigenvalue weighted by Crippen LogP contribution is -1.96. The van der Waals surface area contributed by atoms with Gasteiger partial charge in [-0.1, -0.05) is 24.3 Å². The summed E-state index contributed by atoms with van der Waals surface area (Å²) < 4.78 is 5.59. The van der Waals surface area contributed by atoms with Gasteiger partial charge in [-0.25, -0.2) is 9.97 Å². The maximum Gasteiger partial charge on any atom is 0.159 e. The van der Waals surface area contributed by atoms with Crippen molar-refractivity contribution in [1.82, 2.24) is 9.97 Å². The predicted octanol–water partition coefficient (Wildman–Crippen LogP) is 3.17. The number of aromatic nitrogens is 2. The van der Waals surface area contributed by atoms with E-state index in [9.17, 15) is 0 Å². The van der Waals surface area contributed by atoms with E-state index in [4.69, 9.17) is 10.2 Å².